The molecule has 9 heteroatoms. The summed E-state index contributed by atoms with van der Waals surface area (Å²) < 4.78 is 58.1. The lowest BCUT2D eigenvalue weighted by Crippen LogP contribution is -2.22. The summed E-state index contributed by atoms with van der Waals surface area (Å²) in [5.74, 6) is -0.436. The van der Waals surface area contributed by atoms with Crippen molar-refractivity contribution in [3.63, 3.8) is 0 Å². The van der Waals surface area contributed by atoms with Crippen LogP contribution in [0.1, 0.15) is 5.56 Å². The number of primary sulfonamides is 1. The summed E-state index contributed by atoms with van der Waals surface area (Å²) in [6.07, 6.45) is -3.47. The average Bonchev–Trinajstić information content (AvgIpc) is 2.15. The number of anilines is 1. The Morgan fingerprint density at radius 2 is 2.06 bits per heavy atom. The van der Waals surface area contributed by atoms with E-state index in [1.165, 1.54) is 0 Å². The molecule has 0 unspecified atom stereocenters. The van der Waals surface area contributed by atoms with Gasteiger partial charge in [0, 0.05) is 12.7 Å². The van der Waals surface area contributed by atoms with Gasteiger partial charge in [-0.2, -0.15) is 13.2 Å². The summed E-state index contributed by atoms with van der Waals surface area (Å²) in [4.78, 5) is 3.63. The van der Waals surface area contributed by atoms with Gasteiger partial charge in [-0.1, -0.05) is 0 Å². The highest BCUT2D eigenvalue weighted by Crippen LogP contribution is 2.29. The van der Waals surface area contributed by atoms with Crippen LogP contribution in [-0.4, -0.2) is 25.7 Å². The smallest absolute Gasteiger partial charge is 0.369 e. The predicted molar refractivity (Wildman–Crippen MR) is 55.7 cm³/mol. The number of aromatic nitrogens is 1. The maximum Gasteiger partial charge on any atom is 0.416 e. The molecule has 0 bridgehead atoms. The number of sulfonamides is 1. The molecule has 0 atom stereocenters. The molecule has 0 aliphatic rings. The fourth-order valence-electron chi connectivity index (χ4n) is 1.02. The Labute approximate surface area is 95.9 Å². The standard InChI is InChI=1S/C8H10F3N3O2S/c9-8(10,11)6-1-2-13-7(5-6)14-3-4-17(12,15)16/h1-2,5H,3-4H2,(H,13,14)(H2,12,15,16). The lowest BCUT2D eigenvalue weighted by Gasteiger charge is -2.09. The van der Waals surface area contributed by atoms with Crippen molar-refractivity contribution in [2.24, 2.45) is 5.14 Å². The van der Waals surface area contributed by atoms with Gasteiger partial charge in [-0.3, -0.25) is 0 Å². The molecule has 1 aromatic heterocycles. The molecule has 3 N–H and O–H groups in total. The lowest BCUT2D eigenvalue weighted by atomic mass is 10.2. The van der Waals surface area contributed by atoms with E-state index >= 15 is 0 Å². The van der Waals surface area contributed by atoms with Crippen molar-refractivity contribution < 1.29 is 21.6 Å². The number of nitrogens with zero attached hydrogens (tertiary/aromatic N) is 1. The molecule has 0 amide bonds. The molecule has 1 aromatic rings. The molecule has 0 aliphatic heterocycles. The molecule has 0 spiro atoms. The molecular weight excluding hydrogens is 259 g/mol. The van der Waals surface area contributed by atoms with Crippen molar-refractivity contribution in [3.05, 3.63) is 23.9 Å². The van der Waals surface area contributed by atoms with Crippen molar-refractivity contribution in [1.29, 1.82) is 0 Å². The molecule has 1 heterocycles. The normalized spacial score (nSPS) is 12.5. The van der Waals surface area contributed by atoms with Crippen LogP contribution in [0.5, 0.6) is 0 Å². The molecule has 96 valence electrons. The van der Waals surface area contributed by atoms with Crippen molar-refractivity contribution in [2.45, 2.75) is 6.18 Å². The number of rotatable bonds is 4. The highest BCUT2D eigenvalue weighted by atomic mass is 32.2. The molecule has 1 rings (SSSR count). The third-order valence-corrected chi connectivity index (χ3v) is 2.55. The van der Waals surface area contributed by atoms with Gasteiger partial charge < -0.3 is 5.32 Å². The molecule has 0 radical (unpaired) electrons. The first-order valence-corrected chi connectivity index (χ1v) is 6.17. The summed E-state index contributed by atoms with van der Waals surface area (Å²) in [5, 5.41) is 7.17. The Balaban J connectivity index is 2.67. The van der Waals surface area contributed by atoms with Crippen LogP contribution in [0, 0.1) is 0 Å². The minimum atomic E-state index is -4.46. The van der Waals surface area contributed by atoms with Gasteiger partial charge in [0.05, 0.1) is 11.3 Å². The fraction of sp³-hybridized carbons (Fsp3) is 0.375. The number of alkyl halides is 3. The Morgan fingerprint density at radius 3 is 2.59 bits per heavy atom. The molecule has 0 saturated heterocycles. The van der Waals surface area contributed by atoms with Gasteiger partial charge in [-0.05, 0) is 12.1 Å². The first kappa shape index (κ1) is 13.7. The van der Waals surface area contributed by atoms with Crippen molar-refractivity contribution >= 4 is 15.8 Å². The van der Waals surface area contributed by atoms with E-state index in [1.807, 2.05) is 0 Å². The van der Waals surface area contributed by atoms with E-state index in [-0.39, 0.29) is 18.1 Å². The summed E-state index contributed by atoms with van der Waals surface area (Å²) in [7, 11) is -3.65. The van der Waals surface area contributed by atoms with E-state index in [0.29, 0.717) is 0 Å². The largest absolute Gasteiger partial charge is 0.416 e. The SMILES string of the molecule is NS(=O)(=O)CCNc1cc(C(F)(F)F)ccn1. The minimum Gasteiger partial charge on any atom is -0.369 e. The maximum absolute atomic E-state index is 12.3. The van der Waals surface area contributed by atoms with Crippen molar-refractivity contribution in [1.82, 2.24) is 4.98 Å². The molecular formula is C8H10F3N3O2S. The number of nitrogens with two attached hydrogens (primary N) is 1. The third-order valence-electron chi connectivity index (χ3n) is 1.78. The third kappa shape index (κ3) is 5.00. The van der Waals surface area contributed by atoms with Gasteiger partial charge in [0.1, 0.15) is 5.82 Å². The number of halogens is 3. The average molecular weight is 269 g/mol. The highest BCUT2D eigenvalue weighted by molar-refractivity contribution is 7.89. The lowest BCUT2D eigenvalue weighted by molar-refractivity contribution is -0.137. The van der Waals surface area contributed by atoms with Crippen LogP contribution in [0.25, 0.3) is 0 Å². The van der Waals surface area contributed by atoms with E-state index in [4.69, 9.17) is 5.14 Å². The zero-order valence-electron chi connectivity index (χ0n) is 8.53. The first-order chi connectivity index (χ1) is 7.68. The molecule has 0 aromatic carbocycles. The molecule has 0 saturated carbocycles. The molecule has 17 heavy (non-hydrogen) atoms. The van der Waals surface area contributed by atoms with Gasteiger partial charge in [0.25, 0.3) is 0 Å². The molecule has 0 aliphatic carbocycles. The van der Waals surface area contributed by atoms with Gasteiger partial charge in [0.2, 0.25) is 10.0 Å². The first-order valence-electron chi connectivity index (χ1n) is 4.46. The number of hydrogen-bond acceptors (Lipinski definition) is 4. The van der Waals surface area contributed by atoms with E-state index < -0.39 is 21.8 Å². The molecule has 0 fully saturated rings. The summed E-state index contributed by atoms with van der Waals surface area (Å²) in [5.41, 5.74) is -0.856. The van der Waals surface area contributed by atoms with E-state index in [2.05, 4.69) is 10.3 Å². The molecule has 5 nitrogen and oxygen atoms in total. The van der Waals surface area contributed by atoms with Gasteiger partial charge in [0.15, 0.2) is 0 Å². The van der Waals surface area contributed by atoms with Gasteiger partial charge in [-0.15, -0.1) is 0 Å². The van der Waals surface area contributed by atoms with Crippen LogP contribution < -0.4 is 10.5 Å². The quantitative estimate of drug-likeness (QED) is 0.846. The number of hydrogen-bond donors (Lipinski definition) is 2. The van der Waals surface area contributed by atoms with E-state index in [9.17, 15) is 21.6 Å². The van der Waals surface area contributed by atoms with Crippen LogP contribution in [0.4, 0.5) is 19.0 Å². The second kappa shape index (κ2) is 4.88. The maximum atomic E-state index is 12.3. The second-order valence-electron chi connectivity index (χ2n) is 3.22. The number of nitrogens with one attached hydrogen (secondary N) is 1. The van der Waals surface area contributed by atoms with Crippen LogP contribution >= 0.6 is 0 Å². The van der Waals surface area contributed by atoms with Gasteiger partial charge >= 0.3 is 6.18 Å². The fourth-order valence-corrected chi connectivity index (χ4v) is 1.41. The number of pyridine rings is 1. The predicted octanol–water partition coefficient (Wildman–Crippen LogP) is 0.801. The van der Waals surface area contributed by atoms with Crippen molar-refractivity contribution in [3.8, 4) is 0 Å². The Bertz CT molecular complexity index is 487. The van der Waals surface area contributed by atoms with Crippen LogP contribution in [0.3, 0.4) is 0 Å². The van der Waals surface area contributed by atoms with Crippen LogP contribution in [0.15, 0.2) is 18.3 Å². The Morgan fingerprint density at radius 1 is 1.41 bits per heavy atom. The summed E-state index contributed by atoms with van der Waals surface area (Å²) in [6.45, 7) is -0.104. The Kier molecular flexibility index (Phi) is 3.94. The minimum absolute atomic E-state index is 0.0523. The van der Waals surface area contributed by atoms with E-state index in [0.717, 1.165) is 18.3 Å². The topological polar surface area (TPSA) is 85.1 Å². The summed E-state index contributed by atoms with van der Waals surface area (Å²) >= 11 is 0. The Hall–Kier alpha value is -1.35. The zero-order chi connectivity index (χ0) is 13.1. The highest BCUT2D eigenvalue weighted by Gasteiger charge is 2.30. The second-order valence-corrected chi connectivity index (χ2v) is 4.96. The van der Waals surface area contributed by atoms with Crippen LogP contribution in [0.2, 0.25) is 0 Å². The van der Waals surface area contributed by atoms with Crippen molar-refractivity contribution in [2.75, 3.05) is 17.6 Å². The van der Waals surface area contributed by atoms with Crippen LogP contribution in [-0.2, 0) is 16.2 Å². The monoisotopic (exact) mass is 269 g/mol. The zero-order valence-corrected chi connectivity index (χ0v) is 9.35. The summed E-state index contributed by atoms with van der Waals surface area (Å²) in [6, 6.07) is 1.62. The van der Waals surface area contributed by atoms with E-state index in [1.54, 1.807) is 0 Å². The van der Waals surface area contributed by atoms with Gasteiger partial charge in [-0.25, -0.2) is 18.5 Å².